The highest BCUT2D eigenvalue weighted by Gasteiger charge is 2.19. The number of amides is 1. The quantitative estimate of drug-likeness (QED) is 0.443. The minimum Gasteiger partial charge on any atom is -0.444 e. The van der Waals surface area contributed by atoms with E-state index in [0.717, 1.165) is 22.2 Å². The molecule has 0 radical (unpaired) electrons. The molecule has 4 aromatic rings. The monoisotopic (exact) mass is 421 g/mol. The Hall–Kier alpha value is -3.45. The minimum atomic E-state index is -0.602. The Morgan fingerprint density at radius 3 is 2.60 bits per heavy atom. The van der Waals surface area contributed by atoms with Crippen molar-refractivity contribution in [3.05, 3.63) is 66.3 Å². The van der Waals surface area contributed by atoms with Crippen molar-refractivity contribution in [3.63, 3.8) is 0 Å². The highest BCUT2D eigenvalue weighted by Crippen LogP contribution is 2.35. The molecule has 0 fully saturated rings. The smallest absolute Gasteiger partial charge is 0.413 e. The van der Waals surface area contributed by atoms with Gasteiger partial charge in [0.1, 0.15) is 28.5 Å². The topological polar surface area (TPSA) is 81.9 Å². The van der Waals surface area contributed by atoms with Gasteiger partial charge < -0.3 is 9.30 Å². The van der Waals surface area contributed by atoms with Crippen molar-refractivity contribution in [2.75, 3.05) is 5.32 Å². The van der Waals surface area contributed by atoms with Crippen LogP contribution in [-0.4, -0.2) is 31.2 Å². The Balaban J connectivity index is 1.78. The molecule has 30 heavy (non-hydrogen) atoms. The lowest BCUT2D eigenvalue weighted by Gasteiger charge is -2.19. The summed E-state index contributed by atoms with van der Waals surface area (Å²) in [6.07, 6.45) is 4.44. The molecule has 0 aliphatic heterocycles. The molecule has 3 heterocycles. The van der Waals surface area contributed by atoms with Crippen LogP contribution < -0.4 is 5.32 Å². The van der Waals surface area contributed by atoms with E-state index in [2.05, 4.69) is 20.3 Å². The molecule has 1 N–H and O–H groups in total. The van der Waals surface area contributed by atoms with E-state index in [1.54, 1.807) is 33.0 Å². The first-order valence-electron chi connectivity index (χ1n) is 9.35. The maximum atomic E-state index is 12.1. The number of para-hydroxylation sites is 1. The van der Waals surface area contributed by atoms with Crippen molar-refractivity contribution < 1.29 is 9.53 Å². The number of pyridine rings is 1. The lowest BCUT2D eigenvalue weighted by Crippen LogP contribution is -2.27. The van der Waals surface area contributed by atoms with E-state index in [1.807, 2.05) is 47.2 Å². The van der Waals surface area contributed by atoms with Crippen LogP contribution in [0.25, 0.3) is 27.8 Å². The van der Waals surface area contributed by atoms with Crippen LogP contribution in [0.15, 0.2) is 61.2 Å². The molecular formula is C22H20ClN5O2. The van der Waals surface area contributed by atoms with Crippen LogP contribution in [-0.2, 0) is 4.74 Å². The van der Waals surface area contributed by atoms with E-state index in [0.29, 0.717) is 16.6 Å². The number of nitrogens with one attached hydrogen (secondary N) is 1. The molecule has 0 bridgehead atoms. The summed E-state index contributed by atoms with van der Waals surface area (Å²) in [4.78, 5) is 24.9. The number of hydrogen-bond acceptors (Lipinski definition) is 5. The van der Waals surface area contributed by atoms with E-state index >= 15 is 0 Å². The molecule has 4 rings (SSSR count). The number of ether oxygens (including phenoxy) is 1. The standard InChI is InChI=1S/C22H20ClN5O2/c1-22(2,3)30-21(29)27-17-11-14(9-10-24-17)16-12-28(15-7-5-4-6-8-15)20-18(16)19(23)25-13-26-20/h4-13H,1-3H3,(H,24,27,29). The number of halogens is 1. The zero-order valence-corrected chi connectivity index (χ0v) is 17.5. The summed E-state index contributed by atoms with van der Waals surface area (Å²) in [6, 6.07) is 13.4. The van der Waals surface area contributed by atoms with Crippen LogP contribution in [0.1, 0.15) is 20.8 Å². The maximum absolute atomic E-state index is 12.1. The second-order valence-corrected chi connectivity index (χ2v) is 8.03. The SMILES string of the molecule is CC(C)(C)OC(=O)Nc1cc(-c2cn(-c3ccccc3)c3ncnc(Cl)c23)ccn1. The van der Waals surface area contributed by atoms with Crippen LogP contribution in [0.4, 0.5) is 10.6 Å². The molecule has 0 saturated carbocycles. The molecular weight excluding hydrogens is 402 g/mol. The number of aromatic nitrogens is 4. The Morgan fingerprint density at radius 1 is 1.10 bits per heavy atom. The summed E-state index contributed by atoms with van der Waals surface area (Å²) in [5.41, 5.74) is 2.68. The summed E-state index contributed by atoms with van der Waals surface area (Å²) in [7, 11) is 0. The second-order valence-electron chi connectivity index (χ2n) is 7.67. The summed E-state index contributed by atoms with van der Waals surface area (Å²) in [5, 5.41) is 3.74. The van der Waals surface area contributed by atoms with Gasteiger partial charge in [-0.3, -0.25) is 5.32 Å². The predicted molar refractivity (Wildman–Crippen MR) is 117 cm³/mol. The number of anilines is 1. The van der Waals surface area contributed by atoms with Crippen LogP contribution in [0.5, 0.6) is 0 Å². The van der Waals surface area contributed by atoms with Crippen molar-refractivity contribution in [2.45, 2.75) is 26.4 Å². The Morgan fingerprint density at radius 2 is 1.87 bits per heavy atom. The summed E-state index contributed by atoms with van der Waals surface area (Å²) < 4.78 is 7.26. The molecule has 0 saturated heterocycles. The number of benzene rings is 1. The van der Waals surface area contributed by atoms with E-state index < -0.39 is 11.7 Å². The second kappa shape index (κ2) is 7.76. The van der Waals surface area contributed by atoms with Gasteiger partial charge in [-0.25, -0.2) is 19.7 Å². The molecule has 152 valence electrons. The highest BCUT2D eigenvalue weighted by atomic mass is 35.5. The minimum absolute atomic E-state index is 0.350. The summed E-state index contributed by atoms with van der Waals surface area (Å²) in [6.45, 7) is 5.41. The van der Waals surface area contributed by atoms with Gasteiger partial charge in [-0.1, -0.05) is 29.8 Å². The van der Waals surface area contributed by atoms with Crippen molar-refractivity contribution in [1.29, 1.82) is 0 Å². The van der Waals surface area contributed by atoms with Gasteiger partial charge in [0.2, 0.25) is 0 Å². The molecule has 7 nitrogen and oxygen atoms in total. The molecule has 0 aliphatic carbocycles. The van der Waals surface area contributed by atoms with Crippen LogP contribution in [0, 0.1) is 0 Å². The van der Waals surface area contributed by atoms with E-state index in [4.69, 9.17) is 16.3 Å². The van der Waals surface area contributed by atoms with Gasteiger partial charge in [0, 0.05) is 23.6 Å². The third kappa shape index (κ3) is 4.11. The Bertz CT molecular complexity index is 1220. The fraction of sp³-hybridized carbons (Fsp3) is 0.182. The zero-order valence-electron chi connectivity index (χ0n) is 16.8. The van der Waals surface area contributed by atoms with Gasteiger partial charge in [-0.05, 0) is 50.6 Å². The van der Waals surface area contributed by atoms with Crippen LogP contribution in [0.2, 0.25) is 5.15 Å². The summed E-state index contributed by atoms with van der Waals surface area (Å²) >= 11 is 6.44. The van der Waals surface area contributed by atoms with Gasteiger partial charge in [0.05, 0.1) is 5.39 Å². The van der Waals surface area contributed by atoms with Crippen molar-refractivity contribution in [1.82, 2.24) is 19.5 Å². The van der Waals surface area contributed by atoms with E-state index in [9.17, 15) is 4.79 Å². The fourth-order valence-corrected chi connectivity index (χ4v) is 3.33. The number of carbonyl (C=O) groups excluding carboxylic acids is 1. The van der Waals surface area contributed by atoms with Gasteiger partial charge in [0.25, 0.3) is 0 Å². The van der Waals surface area contributed by atoms with Gasteiger partial charge in [-0.15, -0.1) is 0 Å². The normalized spacial score (nSPS) is 11.5. The molecule has 0 aliphatic rings. The number of nitrogens with zero attached hydrogens (tertiary/aromatic N) is 4. The average Bonchev–Trinajstić information content (AvgIpc) is 3.08. The summed E-state index contributed by atoms with van der Waals surface area (Å²) in [5.74, 6) is 0.371. The molecule has 8 heteroatoms. The zero-order chi connectivity index (χ0) is 21.3. The number of hydrogen-bond donors (Lipinski definition) is 1. The third-order valence-electron chi connectivity index (χ3n) is 4.27. The van der Waals surface area contributed by atoms with Crippen molar-refractivity contribution in [2.24, 2.45) is 0 Å². The number of carbonyl (C=O) groups is 1. The predicted octanol–water partition coefficient (Wildman–Crippen LogP) is 5.48. The van der Waals surface area contributed by atoms with Crippen LogP contribution in [0.3, 0.4) is 0 Å². The van der Waals surface area contributed by atoms with Gasteiger partial charge >= 0.3 is 6.09 Å². The van der Waals surface area contributed by atoms with Crippen LogP contribution >= 0.6 is 11.6 Å². The van der Waals surface area contributed by atoms with E-state index in [-0.39, 0.29) is 0 Å². The molecule has 3 aromatic heterocycles. The molecule has 1 amide bonds. The fourth-order valence-electron chi connectivity index (χ4n) is 3.10. The molecule has 0 unspecified atom stereocenters. The molecule has 0 spiro atoms. The third-order valence-corrected chi connectivity index (χ3v) is 4.56. The lowest BCUT2D eigenvalue weighted by atomic mass is 10.1. The van der Waals surface area contributed by atoms with Crippen molar-refractivity contribution >= 4 is 34.5 Å². The first-order chi connectivity index (χ1) is 14.3. The number of fused-ring (bicyclic) bond motifs is 1. The lowest BCUT2D eigenvalue weighted by molar-refractivity contribution is 0.0635. The average molecular weight is 422 g/mol. The van der Waals surface area contributed by atoms with E-state index in [1.165, 1.54) is 6.33 Å². The van der Waals surface area contributed by atoms with Gasteiger partial charge in [-0.2, -0.15) is 0 Å². The van der Waals surface area contributed by atoms with Gasteiger partial charge in [0.15, 0.2) is 0 Å². The largest absolute Gasteiger partial charge is 0.444 e. The molecule has 0 atom stereocenters. The first-order valence-corrected chi connectivity index (χ1v) is 9.73. The molecule has 1 aromatic carbocycles. The number of rotatable bonds is 3. The Labute approximate surface area is 178 Å². The maximum Gasteiger partial charge on any atom is 0.413 e. The Kier molecular flexibility index (Phi) is 5.13. The van der Waals surface area contributed by atoms with Crippen molar-refractivity contribution in [3.8, 4) is 16.8 Å². The highest BCUT2D eigenvalue weighted by molar-refractivity contribution is 6.35. The first kappa shape index (κ1) is 19.8.